The Hall–Kier alpha value is -7.16. The maximum absolute atomic E-state index is 4.64. The first-order valence-corrected chi connectivity index (χ1v) is 21.7. The molecule has 0 aliphatic heterocycles. The molecule has 0 aromatic heterocycles. The van der Waals surface area contributed by atoms with Crippen LogP contribution in [0.1, 0.15) is 43.4 Å². The van der Waals surface area contributed by atoms with Crippen molar-refractivity contribution in [2.75, 3.05) is 9.80 Å². The van der Waals surface area contributed by atoms with Gasteiger partial charge in [-0.15, -0.1) is 0 Å². The van der Waals surface area contributed by atoms with Gasteiger partial charge in [0.2, 0.25) is 0 Å². The van der Waals surface area contributed by atoms with Crippen LogP contribution in [0.15, 0.2) is 236 Å². The number of fused-ring (bicyclic) bond motifs is 8. The zero-order valence-corrected chi connectivity index (χ0v) is 35.0. The van der Waals surface area contributed by atoms with Crippen LogP contribution in [0.4, 0.5) is 22.7 Å². The minimum Gasteiger partial charge on any atom is -0.334 e. The monoisotopic (exact) mass is 786 g/mol. The van der Waals surface area contributed by atoms with Gasteiger partial charge in [0.1, 0.15) is 0 Å². The van der Waals surface area contributed by atoms with Crippen molar-refractivity contribution >= 4 is 44.3 Å². The van der Waals surface area contributed by atoms with E-state index in [9.17, 15) is 0 Å². The summed E-state index contributed by atoms with van der Waals surface area (Å²) >= 11 is 0. The van der Waals surface area contributed by atoms with E-state index in [0.29, 0.717) is 5.92 Å². The first kappa shape index (κ1) is 38.1. The van der Waals surface area contributed by atoms with E-state index in [1.165, 1.54) is 66.3 Å². The summed E-state index contributed by atoms with van der Waals surface area (Å²) in [7, 11) is 0. The van der Waals surface area contributed by atoms with E-state index in [4.69, 9.17) is 0 Å². The molecule has 61 heavy (non-hydrogen) atoms. The normalized spacial score (nSPS) is 19.1. The van der Waals surface area contributed by atoms with Crippen LogP contribution in [0, 0.1) is 5.92 Å². The van der Waals surface area contributed by atoms with Gasteiger partial charge in [-0.05, 0) is 130 Å². The van der Waals surface area contributed by atoms with Gasteiger partial charge >= 0.3 is 0 Å². The van der Waals surface area contributed by atoms with Gasteiger partial charge in [-0.1, -0.05) is 183 Å². The zero-order chi connectivity index (χ0) is 41.3. The molecule has 0 saturated carbocycles. The minimum atomic E-state index is -0.578. The second kappa shape index (κ2) is 16.1. The lowest BCUT2D eigenvalue weighted by Gasteiger charge is -2.39. The Balaban J connectivity index is 1.30. The van der Waals surface area contributed by atoms with Gasteiger partial charge < -0.3 is 9.80 Å². The third-order valence-electron chi connectivity index (χ3n) is 12.8. The van der Waals surface area contributed by atoms with Crippen LogP contribution >= 0.6 is 0 Å². The topological polar surface area (TPSA) is 6.48 Å². The van der Waals surface area contributed by atoms with Gasteiger partial charge in [0.05, 0.1) is 11.5 Å². The van der Waals surface area contributed by atoms with Crippen molar-refractivity contribution < 1.29 is 0 Å². The Labute approximate surface area is 360 Å². The Bertz CT molecular complexity index is 2960. The van der Waals surface area contributed by atoms with Crippen molar-refractivity contribution in [2.24, 2.45) is 5.92 Å². The van der Waals surface area contributed by atoms with Crippen molar-refractivity contribution in [1.82, 2.24) is 0 Å². The number of benzene rings is 7. The first-order chi connectivity index (χ1) is 30.1. The summed E-state index contributed by atoms with van der Waals surface area (Å²) in [5, 5.41) is 5.10. The highest BCUT2D eigenvalue weighted by Crippen LogP contribution is 2.62. The first-order valence-electron chi connectivity index (χ1n) is 21.7. The number of nitrogens with zero attached hydrogens (tertiary/aromatic N) is 2. The highest BCUT2D eigenvalue weighted by molar-refractivity contribution is 6.20. The van der Waals surface area contributed by atoms with Crippen molar-refractivity contribution in [2.45, 2.75) is 38.1 Å². The summed E-state index contributed by atoms with van der Waals surface area (Å²) < 4.78 is 0. The van der Waals surface area contributed by atoms with Gasteiger partial charge in [0.15, 0.2) is 0 Å². The Morgan fingerprint density at radius 1 is 0.639 bits per heavy atom. The van der Waals surface area contributed by atoms with Gasteiger partial charge in [-0.2, -0.15) is 0 Å². The smallest absolute Gasteiger partial charge is 0.0683 e. The molecule has 3 atom stereocenters. The van der Waals surface area contributed by atoms with Gasteiger partial charge in [0, 0.05) is 28.4 Å². The molecule has 10 rings (SSSR count). The van der Waals surface area contributed by atoms with E-state index in [-0.39, 0.29) is 6.04 Å². The van der Waals surface area contributed by atoms with E-state index >= 15 is 0 Å². The molecular formula is C59H50N2. The summed E-state index contributed by atoms with van der Waals surface area (Å²) in [4.78, 5) is 4.81. The predicted octanol–water partition coefficient (Wildman–Crippen LogP) is 15.6. The van der Waals surface area contributed by atoms with Gasteiger partial charge in [0.25, 0.3) is 0 Å². The van der Waals surface area contributed by atoms with E-state index in [1.807, 2.05) is 13.0 Å². The second-order valence-electron chi connectivity index (χ2n) is 16.5. The molecule has 0 saturated heterocycles. The second-order valence-corrected chi connectivity index (χ2v) is 16.5. The fourth-order valence-electron chi connectivity index (χ4n) is 10.3. The van der Waals surface area contributed by atoms with Crippen molar-refractivity contribution in [3.05, 3.63) is 253 Å². The Morgan fingerprint density at radius 2 is 1.34 bits per heavy atom. The van der Waals surface area contributed by atoms with E-state index in [0.717, 1.165) is 29.9 Å². The molecule has 3 aliphatic rings. The molecular weight excluding hydrogens is 737 g/mol. The van der Waals surface area contributed by atoms with Gasteiger partial charge in [-0.3, -0.25) is 0 Å². The van der Waals surface area contributed by atoms with Crippen LogP contribution in [0.3, 0.4) is 0 Å². The molecule has 7 aromatic rings. The standard InChI is InChI=1S/C59H50N2/c1-4-5-10-23-43(3)60(46-27-13-7-14-28-46)50-36-38-54-56(41-50)59(44-24-11-6-12-25-44,45-26-21-22-42(2)39-45)58-53-37-35-49(40-55(53)51-33-19-20-34-52(51)57(54)58)61(47-29-15-8-16-30-47)48-31-17-9-18-32-48/h4-31,33-38,40-42,48H,3,32,39H2,1-2H3/b5-4-,23-10-. The number of anilines is 4. The van der Waals surface area contributed by atoms with Crippen LogP contribution < -0.4 is 9.80 Å². The molecule has 3 aliphatic carbocycles. The highest BCUT2D eigenvalue weighted by Gasteiger charge is 2.49. The number of hydrogen-bond donors (Lipinski definition) is 0. The quantitative estimate of drug-likeness (QED) is 0.101. The zero-order valence-electron chi connectivity index (χ0n) is 35.0. The number of rotatable bonds is 10. The maximum atomic E-state index is 4.64. The van der Waals surface area contributed by atoms with Crippen molar-refractivity contribution in [3.63, 3.8) is 0 Å². The SMILES string of the molecule is C=C(/C=C\C=C/C)N(c1ccccc1)c1ccc2c(c1)C(C1=CC=CC(C)C1)(c1ccccc1)c1c-2c2ccccc2c2cc(N(c3ccccc3)C3C=CC=CC3)ccc12. The third-order valence-corrected chi connectivity index (χ3v) is 12.8. The molecule has 0 radical (unpaired) electrons. The fourth-order valence-corrected chi connectivity index (χ4v) is 10.3. The molecule has 0 bridgehead atoms. The highest BCUT2D eigenvalue weighted by atomic mass is 15.2. The third kappa shape index (κ3) is 6.51. The van der Waals surface area contributed by atoms with E-state index in [1.54, 1.807) is 0 Å². The molecule has 2 heteroatoms. The molecule has 0 amide bonds. The van der Waals surface area contributed by atoms with E-state index < -0.39 is 5.41 Å². The maximum Gasteiger partial charge on any atom is 0.0683 e. The van der Waals surface area contributed by atoms with Crippen LogP contribution in [-0.2, 0) is 5.41 Å². The average molecular weight is 787 g/mol. The molecule has 0 N–H and O–H groups in total. The largest absolute Gasteiger partial charge is 0.334 e. The summed E-state index contributed by atoms with van der Waals surface area (Å²) in [5.41, 5.74) is 12.8. The molecule has 296 valence electrons. The number of allylic oxidation sites excluding steroid dienone is 10. The van der Waals surface area contributed by atoms with Crippen LogP contribution in [0.25, 0.3) is 32.7 Å². The Kier molecular flexibility index (Phi) is 10.1. The molecule has 0 heterocycles. The van der Waals surface area contributed by atoms with Crippen molar-refractivity contribution in [3.8, 4) is 11.1 Å². The average Bonchev–Trinajstić information content (AvgIpc) is 3.62. The summed E-state index contributed by atoms with van der Waals surface area (Å²) in [6.45, 7) is 9.03. The lowest BCUT2D eigenvalue weighted by molar-refractivity contribution is 0.618. The van der Waals surface area contributed by atoms with Gasteiger partial charge in [-0.25, -0.2) is 0 Å². The van der Waals surface area contributed by atoms with Crippen LogP contribution in [0.5, 0.6) is 0 Å². The molecule has 7 aromatic carbocycles. The Morgan fingerprint density at radius 3 is 2.07 bits per heavy atom. The minimum absolute atomic E-state index is 0.201. The summed E-state index contributed by atoms with van der Waals surface area (Å²) in [5.74, 6) is 0.393. The molecule has 3 unspecified atom stereocenters. The number of hydrogen-bond acceptors (Lipinski definition) is 2. The fraction of sp³-hybridized carbons (Fsp3) is 0.119. The predicted molar refractivity (Wildman–Crippen MR) is 261 cm³/mol. The molecule has 2 nitrogen and oxygen atoms in total. The summed E-state index contributed by atoms with van der Waals surface area (Å²) in [6, 6.07) is 56.6. The number of para-hydroxylation sites is 2. The van der Waals surface area contributed by atoms with Crippen LogP contribution in [0.2, 0.25) is 0 Å². The molecule has 0 fully saturated rings. The lowest BCUT2D eigenvalue weighted by atomic mass is 9.63. The van der Waals surface area contributed by atoms with Crippen LogP contribution in [-0.4, -0.2) is 6.04 Å². The summed E-state index contributed by atoms with van der Waals surface area (Å²) in [6.07, 6.45) is 26.2. The lowest BCUT2D eigenvalue weighted by Crippen LogP contribution is -2.32. The van der Waals surface area contributed by atoms with E-state index in [2.05, 4.69) is 236 Å². The van der Waals surface area contributed by atoms with Crippen molar-refractivity contribution in [1.29, 1.82) is 0 Å². The molecule has 0 spiro atoms.